The van der Waals surface area contributed by atoms with Crippen LogP contribution in [0.15, 0.2) is 30.9 Å². The lowest BCUT2D eigenvalue weighted by Crippen LogP contribution is -2.45. The lowest BCUT2D eigenvalue weighted by Gasteiger charge is -2.35. The lowest BCUT2D eigenvalue weighted by molar-refractivity contribution is 0.160. The van der Waals surface area contributed by atoms with E-state index >= 15 is 0 Å². The monoisotopic (exact) mass is 360 g/mol. The average Bonchev–Trinajstić information content (AvgIpc) is 2.56. The Labute approximate surface area is 151 Å². The zero-order chi connectivity index (χ0) is 14.5. The van der Waals surface area contributed by atoms with Gasteiger partial charge in [-0.1, -0.05) is 12.1 Å². The highest BCUT2D eigenvalue weighted by molar-refractivity contribution is 5.85. The van der Waals surface area contributed by atoms with E-state index < -0.39 is 0 Å². The van der Waals surface area contributed by atoms with Crippen LogP contribution in [0.3, 0.4) is 0 Å². The standard InChI is InChI=1S/C17H24N2O2.2ClH/c1-2-3-4-15(19-9-7-18-8-10-19)14-5-6-16-17(13-14)21-12-11-20-16;;/h2,5-6,13,15,18H,1,3-4,7-12H2;2*1H/t15-;;/m1../s1. The Morgan fingerprint density at radius 2 is 1.83 bits per heavy atom. The highest BCUT2D eigenvalue weighted by Gasteiger charge is 2.23. The van der Waals surface area contributed by atoms with E-state index in [-0.39, 0.29) is 24.8 Å². The molecule has 4 nitrogen and oxygen atoms in total. The third kappa shape index (κ3) is 5.01. The van der Waals surface area contributed by atoms with E-state index in [0.29, 0.717) is 19.3 Å². The van der Waals surface area contributed by atoms with Crippen molar-refractivity contribution in [3.05, 3.63) is 36.4 Å². The van der Waals surface area contributed by atoms with E-state index in [1.165, 1.54) is 5.56 Å². The molecular formula is C17H26Cl2N2O2. The van der Waals surface area contributed by atoms with Gasteiger partial charge in [0.2, 0.25) is 0 Å². The van der Waals surface area contributed by atoms with Gasteiger partial charge in [0.05, 0.1) is 0 Å². The Bertz CT molecular complexity index is 493. The molecule has 2 heterocycles. The third-order valence-electron chi connectivity index (χ3n) is 4.19. The second-order valence-corrected chi connectivity index (χ2v) is 5.57. The number of nitrogens with zero attached hydrogens (tertiary/aromatic N) is 1. The average molecular weight is 361 g/mol. The molecule has 0 saturated carbocycles. The van der Waals surface area contributed by atoms with Gasteiger partial charge in [0.25, 0.3) is 0 Å². The predicted molar refractivity (Wildman–Crippen MR) is 98.5 cm³/mol. The maximum Gasteiger partial charge on any atom is 0.161 e. The quantitative estimate of drug-likeness (QED) is 0.817. The van der Waals surface area contributed by atoms with Gasteiger partial charge in [-0.15, -0.1) is 31.4 Å². The van der Waals surface area contributed by atoms with E-state index in [9.17, 15) is 0 Å². The maximum absolute atomic E-state index is 5.73. The fourth-order valence-corrected chi connectivity index (χ4v) is 3.10. The summed E-state index contributed by atoms with van der Waals surface area (Å²) in [5.41, 5.74) is 1.32. The summed E-state index contributed by atoms with van der Waals surface area (Å²) in [6, 6.07) is 6.82. The minimum Gasteiger partial charge on any atom is -0.486 e. The largest absolute Gasteiger partial charge is 0.486 e. The summed E-state index contributed by atoms with van der Waals surface area (Å²) in [5.74, 6) is 1.75. The zero-order valence-electron chi connectivity index (χ0n) is 13.3. The molecule has 1 saturated heterocycles. The van der Waals surface area contributed by atoms with Gasteiger partial charge in [0.15, 0.2) is 11.5 Å². The molecule has 130 valence electrons. The summed E-state index contributed by atoms with van der Waals surface area (Å²) in [4.78, 5) is 2.56. The van der Waals surface area contributed by atoms with E-state index in [1.54, 1.807) is 0 Å². The summed E-state index contributed by atoms with van der Waals surface area (Å²) in [6.07, 6.45) is 4.14. The molecule has 0 radical (unpaired) electrons. The first kappa shape index (κ1) is 20.1. The van der Waals surface area contributed by atoms with Crippen LogP contribution in [0.2, 0.25) is 0 Å². The summed E-state index contributed by atoms with van der Waals surface area (Å²) in [6.45, 7) is 9.47. The first-order valence-corrected chi connectivity index (χ1v) is 7.83. The summed E-state index contributed by atoms with van der Waals surface area (Å²) >= 11 is 0. The Balaban J connectivity index is 0.00000132. The first-order valence-electron chi connectivity index (χ1n) is 7.83. The number of allylic oxidation sites excluding steroid dienone is 1. The van der Waals surface area contributed by atoms with E-state index in [1.807, 2.05) is 12.1 Å². The van der Waals surface area contributed by atoms with Gasteiger partial charge in [-0.3, -0.25) is 4.90 Å². The van der Waals surface area contributed by atoms with Crippen LogP contribution in [0, 0.1) is 0 Å². The molecule has 0 amide bonds. The van der Waals surface area contributed by atoms with Crippen LogP contribution in [0.1, 0.15) is 24.4 Å². The predicted octanol–water partition coefficient (Wildman–Crippen LogP) is 3.21. The van der Waals surface area contributed by atoms with Crippen molar-refractivity contribution < 1.29 is 9.47 Å². The van der Waals surface area contributed by atoms with Gasteiger partial charge < -0.3 is 14.8 Å². The Kier molecular flexibility index (Phi) is 8.77. The highest BCUT2D eigenvalue weighted by Crippen LogP contribution is 2.35. The van der Waals surface area contributed by atoms with Crippen molar-refractivity contribution >= 4 is 24.8 Å². The normalized spacial score (nSPS) is 18.3. The van der Waals surface area contributed by atoms with Crippen LogP contribution in [0.25, 0.3) is 0 Å². The van der Waals surface area contributed by atoms with Crippen LogP contribution in [-0.2, 0) is 0 Å². The summed E-state index contributed by atoms with van der Waals surface area (Å²) < 4.78 is 11.4. The van der Waals surface area contributed by atoms with Crippen LogP contribution in [-0.4, -0.2) is 44.3 Å². The maximum atomic E-state index is 5.73. The second-order valence-electron chi connectivity index (χ2n) is 5.57. The molecule has 0 aromatic heterocycles. The van der Waals surface area contributed by atoms with Crippen molar-refractivity contribution in [1.82, 2.24) is 10.2 Å². The molecule has 1 atom stereocenters. The van der Waals surface area contributed by atoms with Gasteiger partial charge in [-0.05, 0) is 30.5 Å². The molecule has 0 bridgehead atoms. The van der Waals surface area contributed by atoms with E-state index in [2.05, 4.69) is 28.9 Å². The van der Waals surface area contributed by atoms with Crippen LogP contribution in [0.5, 0.6) is 11.5 Å². The third-order valence-corrected chi connectivity index (χ3v) is 4.19. The van der Waals surface area contributed by atoms with E-state index in [4.69, 9.17) is 9.47 Å². The fourth-order valence-electron chi connectivity index (χ4n) is 3.10. The molecular weight excluding hydrogens is 335 g/mol. The molecule has 1 fully saturated rings. The number of hydrogen-bond acceptors (Lipinski definition) is 4. The van der Waals surface area contributed by atoms with Crippen molar-refractivity contribution in [2.45, 2.75) is 18.9 Å². The number of fused-ring (bicyclic) bond motifs is 1. The minimum atomic E-state index is 0. The smallest absolute Gasteiger partial charge is 0.161 e. The fraction of sp³-hybridized carbons (Fsp3) is 0.529. The van der Waals surface area contributed by atoms with Crippen molar-refractivity contribution in [2.75, 3.05) is 39.4 Å². The molecule has 0 unspecified atom stereocenters. The Hall–Kier alpha value is -0.940. The van der Waals surface area contributed by atoms with Gasteiger partial charge in [0.1, 0.15) is 13.2 Å². The van der Waals surface area contributed by atoms with Gasteiger partial charge in [-0.25, -0.2) is 0 Å². The first-order chi connectivity index (χ1) is 10.4. The molecule has 1 aromatic rings. The molecule has 23 heavy (non-hydrogen) atoms. The molecule has 2 aliphatic rings. The number of hydrogen-bond donors (Lipinski definition) is 1. The summed E-state index contributed by atoms with van der Waals surface area (Å²) in [7, 11) is 0. The highest BCUT2D eigenvalue weighted by atomic mass is 35.5. The number of piperazine rings is 1. The Morgan fingerprint density at radius 1 is 1.13 bits per heavy atom. The number of nitrogens with one attached hydrogen (secondary N) is 1. The Morgan fingerprint density at radius 3 is 2.52 bits per heavy atom. The molecule has 0 aliphatic carbocycles. The van der Waals surface area contributed by atoms with Gasteiger partial charge in [-0.2, -0.15) is 0 Å². The zero-order valence-corrected chi connectivity index (χ0v) is 15.0. The van der Waals surface area contributed by atoms with Crippen molar-refractivity contribution in [3.8, 4) is 11.5 Å². The van der Waals surface area contributed by atoms with Crippen molar-refractivity contribution in [1.29, 1.82) is 0 Å². The summed E-state index contributed by atoms with van der Waals surface area (Å²) in [5, 5.41) is 3.42. The SMILES string of the molecule is C=CCC[C@H](c1ccc2c(c1)OCCO2)N1CCNCC1.Cl.Cl. The molecule has 1 aromatic carbocycles. The molecule has 6 heteroatoms. The lowest BCUT2D eigenvalue weighted by atomic mass is 9.99. The molecule has 0 spiro atoms. The topological polar surface area (TPSA) is 33.7 Å². The van der Waals surface area contributed by atoms with Crippen molar-refractivity contribution in [3.63, 3.8) is 0 Å². The molecule has 3 rings (SSSR count). The van der Waals surface area contributed by atoms with Gasteiger partial charge in [0, 0.05) is 32.2 Å². The second kappa shape index (κ2) is 10.0. The minimum absolute atomic E-state index is 0. The van der Waals surface area contributed by atoms with E-state index in [0.717, 1.165) is 50.5 Å². The number of benzene rings is 1. The number of rotatable bonds is 5. The van der Waals surface area contributed by atoms with Gasteiger partial charge >= 0.3 is 0 Å². The van der Waals surface area contributed by atoms with Crippen LogP contribution < -0.4 is 14.8 Å². The molecule has 2 aliphatic heterocycles. The van der Waals surface area contributed by atoms with Crippen LogP contribution >= 0.6 is 24.8 Å². The van der Waals surface area contributed by atoms with Crippen LogP contribution in [0.4, 0.5) is 0 Å². The molecule has 1 N–H and O–H groups in total. The number of halogens is 2. The number of ether oxygens (including phenoxy) is 2. The van der Waals surface area contributed by atoms with Crippen molar-refractivity contribution in [2.24, 2.45) is 0 Å².